The van der Waals surface area contributed by atoms with Gasteiger partial charge >= 0.3 is 5.97 Å². The number of nitro benzene ring substituents is 1. The Kier molecular flexibility index (Phi) is 5.72. The first-order chi connectivity index (χ1) is 13.0. The molecule has 3 aromatic rings. The number of carbonyl (C=O) groups is 2. The third-order valence-electron chi connectivity index (χ3n) is 3.61. The molecule has 0 aliphatic rings. The normalized spacial score (nSPS) is 10.5. The number of benzene rings is 2. The third-order valence-corrected chi connectivity index (χ3v) is 4.70. The predicted octanol–water partition coefficient (Wildman–Crippen LogP) is 3.32. The maximum absolute atomic E-state index is 11.8. The fourth-order valence-corrected chi connectivity index (χ4v) is 3.28. The van der Waals surface area contributed by atoms with E-state index in [1.54, 1.807) is 0 Å². The van der Waals surface area contributed by atoms with Gasteiger partial charge in [-0.05, 0) is 24.3 Å². The van der Waals surface area contributed by atoms with Crippen LogP contribution in [0.2, 0.25) is 0 Å². The number of ether oxygens (including phenoxy) is 1. The van der Waals surface area contributed by atoms with Gasteiger partial charge in [0.05, 0.1) is 26.6 Å². The zero-order valence-electron chi connectivity index (χ0n) is 14.1. The minimum Gasteiger partial charge on any atom is -0.456 e. The molecule has 1 aromatic heterocycles. The van der Waals surface area contributed by atoms with Gasteiger partial charge in [0.25, 0.3) is 11.6 Å². The number of nitrogens with one attached hydrogen (secondary N) is 1. The van der Waals surface area contributed by atoms with E-state index < -0.39 is 23.4 Å². The summed E-state index contributed by atoms with van der Waals surface area (Å²) in [5, 5.41) is 13.9. The minimum absolute atomic E-state index is 0.0747. The lowest BCUT2D eigenvalue weighted by atomic mass is 10.3. The highest BCUT2D eigenvalue weighted by molar-refractivity contribution is 7.18. The van der Waals surface area contributed by atoms with Crippen LogP contribution in [0.4, 0.5) is 11.4 Å². The first-order valence-corrected chi connectivity index (χ1v) is 8.87. The lowest BCUT2D eigenvalue weighted by Gasteiger charge is -2.06. The van der Waals surface area contributed by atoms with E-state index in [1.165, 1.54) is 35.6 Å². The van der Waals surface area contributed by atoms with E-state index in [9.17, 15) is 19.7 Å². The minimum atomic E-state index is -0.529. The topological polar surface area (TPSA) is 111 Å². The van der Waals surface area contributed by atoms with Gasteiger partial charge < -0.3 is 10.1 Å². The number of carbonyl (C=O) groups excluding carboxylic acids is 2. The van der Waals surface area contributed by atoms with Crippen molar-refractivity contribution in [2.24, 2.45) is 0 Å². The van der Waals surface area contributed by atoms with Crippen LogP contribution in [0, 0.1) is 10.1 Å². The molecule has 3 rings (SSSR count). The van der Waals surface area contributed by atoms with E-state index in [0.717, 1.165) is 15.2 Å². The Morgan fingerprint density at radius 1 is 1.15 bits per heavy atom. The molecule has 27 heavy (non-hydrogen) atoms. The summed E-state index contributed by atoms with van der Waals surface area (Å²) in [6.07, 6.45) is 0.576. The van der Waals surface area contributed by atoms with Gasteiger partial charge in [-0.15, -0.1) is 11.3 Å². The van der Waals surface area contributed by atoms with E-state index in [-0.39, 0.29) is 12.1 Å². The van der Waals surface area contributed by atoms with Gasteiger partial charge in [0.2, 0.25) is 0 Å². The number of fused-ring (bicyclic) bond motifs is 1. The maximum atomic E-state index is 11.8. The van der Waals surface area contributed by atoms with Crippen LogP contribution in [-0.4, -0.2) is 28.4 Å². The zero-order valence-corrected chi connectivity index (χ0v) is 14.9. The second-order valence-corrected chi connectivity index (χ2v) is 6.70. The molecule has 138 valence electrons. The van der Waals surface area contributed by atoms with Crippen molar-refractivity contribution in [2.75, 3.05) is 11.9 Å². The summed E-state index contributed by atoms with van der Waals surface area (Å²) in [7, 11) is 0. The molecule has 0 aliphatic carbocycles. The largest absolute Gasteiger partial charge is 0.456 e. The number of nitrogens with zero attached hydrogens (tertiary/aromatic N) is 2. The molecule has 2 aromatic carbocycles. The second-order valence-electron chi connectivity index (χ2n) is 5.59. The number of aromatic nitrogens is 1. The Labute approximate surface area is 157 Å². The van der Waals surface area contributed by atoms with Crippen LogP contribution in [0.3, 0.4) is 0 Å². The van der Waals surface area contributed by atoms with Crippen LogP contribution in [0.15, 0.2) is 48.5 Å². The van der Waals surface area contributed by atoms with E-state index in [4.69, 9.17) is 4.74 Å². The summed E-state index contributed by atoms with van der Waals surface area (Å²) < 4.78 is 6.01. The van der Waals surface area contributed by atoms with Gasteiger partial charge in [-0.25, -0.2) is 4.98 Å². The third kappa shape index (κ3) is 5.08. The lowest BCUT2D eigenvalue weighted by Crippen LogP contribution is -2.21. The molecule has 0 fully saturated rings. The predicted molar refractivity (Wildman–Crippen MR) is 101 cm³/mol. The monoisotopic (exact) mass is 385 g/mol. The van der Waals surface area contributed by atoms with Gasteiger partial charge in [0.1, 0.15) is 0 Å². The molecule has 0 atom stereocenters. The van der Waals surface area contributed by atoms with E-state index in [0.29, 0.717) is 12.1 Å². The van der Waals surface area contributed by atoms with Crippen LogP contribution in [-0.2, 0) is 20.7 Å². The molecule has 1 N–H and O–H groups in total. The fourth-order valence-electron chi connectivity index (χ4n) is 2.32. The van der Waals surface area contributed by atoms with Crippen molar-refractivity contribution >= 4 is 44.8 Å². The molecule has 1 heterocycles. The van der Waals surface area contributed by atoms with Crippen molar-refractivity contribution in [1.29, 1.82) is 0 Å². The highest BCUT2D eigenvalue weighted by Gasteiger charge is 2.11. The summed E-state index contributed by atoms with van der Waals surface area (Å²) in [6.45, 7) is -0.421. The molecule has 0 saturated carbocycles. The van der Waals surface area contributed by atoms with E-state index in [2.05, 4.69) is 10.3 Å². The Bertz CT molecular complexity index is 951. The SMILES string of the molecule is O=C(COC(=O)CCc1nc2ccccc2s1)Nc1ccc([N+](=O)[O-])cc1. The number of para-hydroxylation sites is 1. The molecule has 0 unspecified atom stereocenters. The fraction of sp³-hybridized carbons (Fsp3) is 0.167. The summed E-state index contributed by atoms with van der Waals surface area (Å²) in [5.74, 6) is -1.01. The molecular weight excluding hydrogens is 370 g/mol. The molecule has 0 aliphatic heterocycles. The number of non-ortho nitro benzene ring substituents is 1. The summed E-state index contributed by atoms with van der Waals surface area (Å²) in [6, 6.07) is 13.1. The quantitative estimate of drug-likeness (QED) is 0.379. The molecule has 9 heteroatoms. The standard InChI is InChI=1S/C18H15N3O5S/c22-16(19-12-5-7-13(8-6-12)21(24)25)11-26-18(23)10-9-17-20-14-3-1-2-4-15(14)27-17/h1-8H,9-11H2,(H,19,22). The first kappa shape index (κ1) is 18.5. The first-order valence-electron chi connectivity index (χ1n) is 8.05. The Morgan fingerprint density at radius 3 is 2.59 bits per heavy atom. The highest BCUT2D eigenvalue weighted by atomic mass is 32.1. The van der Waals surface area contributed by atoms with Gasteiger partial charge in [0.15, 0.2) is 6.61 Å². The number of anilines is 1. The number of esters is 1. The van der Waals surface area contributed by atoms with Gasteiger partial charge in [0, 0.05) is 24.2 Å². The molecule has 0 spiro atoms. The number of thiazole rings is 1. The van der Waals surface area contributed by atoms with Crippen LogP contribution in [0.1, 0.15) is 11.4 Å². The van der Waals surface area contributed by atoms with Crippen molar-refractivity contribution in [3.8, 4) is 0 Å². The van der Waals surface area contributed by atoms with Crippen molar-refractivity contribution in [3.63, 3.8) is 0 Å². The van der Waals surface area contributed by atoms with Crippen LogP contribution < -0.4 is 5.32 Å². The molecule has 0 bridgehead atoms. The molecule has 0 saturated heterocycles. The highest BCUT2D eigenvalue weighted by Crippen LogP contribution is 2.22. The van der Waals surface area contributed by atoms with Crippen LogP contribution >= 0.6 is 11.3 Å². The van der Waals surface area contributed by atoms with Crippen molar-refractivity contribution in [2.45, 2.75) is 12.8 Å². The number of amides is 1. The molecule has 1 amide bonds. The second kappa shape index (κ2) is 8.37. The van der Waals surface area contributed by atoms with Crippen molar-refractivity contribution in [3.05, 3.63) is 63.7 Å². The van der Waals surface area contributed by atoms with E-state index in [1.807, 2.05) is 24.3 Å². The number of hydrogen-bond acceptors (Lipinski definition) is 7. The summed E-state index contributed by atoms with van der Waals surface area (Å²) in [5.41, 5.74) is 1.21. The Hall–Kier alpha value is -3.33. The maximum Gasteiger partial charge on any atom is 0.306 e. The summed E-state index contributed by atoms with van der Waals surface area (Å²) in [4.78, 5) is 38.1. The van der Waals surface area contributed by atoms with Crippen LogP contribution in [0.5, 0.6) is 0 Å². The molecule has 0 radical (unpaired) electrons. The number of rotatable bonds is 7. The lowest BCUT2D eigenvalue weighted by molar-refractivity contribution is -0.384. The average Bonchev–Trinajstić information content (AvgIpc) is 3.08. The summed E-state index contributed by atoms with van der Waals surface area (Å²) >= 11 is 1.52. The Balaban J connectivity index is 1.42. The average molecular weight is 385 g/mol. The van der Waals surface area contributed by atoms with Gasteiger partial charge in [-0.1, -0.05) is 12.1 Å². The number of hydrogen-bond donors (Lipinski definition) is 1. The van der Waals surface area contributed by atoms with Gasteiger partial charge in [-0.2, -0.15) is 0 Å². The van der Waals surface area contributed by atoms with Crippen LogP contribution in [0.25, 0.3) is 10.2 Å². The Morgan fingerprint density at radius 2 is 1.89 bits per heavy atom. The van der Waals surface area contributed by atoms with Crippen molar-refractivity contribution in [1.82, 2.24) is 4.98 Å². The molecule has 8 nitrogen and oxygen atoms in total. The molecular formula is C18H15N3O5S. The zero-order chi connectivity index (χ0) is 19.2. The van der Waals surface area contributed by atoms with Crippen molar-refractivity contribution < 1.29 is 19.2 Å². The number of nitro groups is 1. The number of aryl methyl sites for hydroxylation is 1. The van der Waals surface area contributed by atoms with Gasteiger partial charge in [-0.3, -0.25) is 19.7 Å². The van der Waals surface area contributed by atoms with E-state index >= 15 is 0 Å². The smallest absolute Gasteiger partial charge is 0.306 e.